The SMILES string of the molecule is CCc1nnc(CN(CC)C2CCCC2CN)o1. The Morgan fingerprint density at radius 1 is 1.28 bits per heavy atom. The molecule has 1 saturated carbocycles. The van der Waals surface area contributed by atoms with Crippen LogP contribution in [0.1, 0.15) is 44.9 Å². The molecule has 2 N–H and O–H groups in total. The van der Waals surface area contributed by atoms with Gasteiger partial charge in [0, 0.05) is 12.5 Å². The van der Waals surface area contributed by atoms with E-state index < -0.39 is 0 Å². The molecular weight excluding hydrogens is 228 g/mol. The molecule has 5 heteroatoms. The predicted octanol–water partition coefficient (Wildman–Crippen LogP) is 1.58. The highest BCUT2D eigenvalue weighted by atomic mass is 16.4. The smallest absolute Gasteiger partial charge is 0.230 e. The van der Waals surface area contributed by atoms with E-state index in [0.29, 0.717) is 12.0 Å². The van der Waals surface area contributed by atoms with Crippen molar-refractivity contribution in [2.75, 3.05) is 13.1 Å². The number of nitrogens with two attached hydrogens (primary N) is 1. The normalized spacial score (nSPS) is 24.0. The average Bonchev–Trinajstić information content (AvgIpc) is 3.04. The highest BCUT2D eigenvalue weighted by Gasteiger charge is 2.31. The van der Waals surface area contributed by atoms with Crippen molar-refractivity contribution in [1.29, 1.82) is 0 Å². The Hall–Kier alpha value is -0.940. The van der Waals surface area contributed by atoms with Crippen LogP contribution in [0.15, 0.2) is 4.42 Å². The van der Waals surface area contributed by atoms with Crippen LogP contribution in [0.25, 0.3) is 0 Å². The lowest BCUT2D eigenvalue weighted by Crippen LogP contribution is -2.39. The summed E-state index contributed by atoms with van der Waals surface area (Å²) >= 11 is 0. The summed E-state index contributed by atoms with van der Waals surface area (Å²) in [5, 5.41) is 8.13. The largest absolute Gasteiger partial charge is 0.424 e. The van der Waals surface area contributed by atoms with Crippen LogP contribution in [0.2, 0.25) is 0 Å². The summed E-state index contributed by atoms with van der Waals surface area (Å²) in [6.45, 7) is 6.75. The van der Waals surface area contributed by atoms with Crippen LogP contribution >= 0.6 is 0 Å². The highest BCUT2D eigenvalue weighted by Crippen LogP contribution is 2.29. The molecule has 1 aromatic heterocycles. The van der Waals surface area contributed by atoms with Crippen molar-refractivity contribution in [2.24, 2.45) is 11.7 Å². The monoisotopic (exact) mass is 252 g/mol. The van der Waals surface area contributed by atoms with E-state index >= 15 is 0 Å². The Balaban J connectivity index is 2.00. The van der Waals surface area contributed by atoms with E-state index in [0.717, 1.165) is 37.8 Å². The minimum atomic E-state index is 0.581. The van der Waals surface area contributed by atoms with Crippen molar-refractivity contribution in [2.45, 2.75) is 52.1 Å². The van der Waals surface area contributed by atoms with Crippen LogP contribution in [0.4, 0.5) is 0 Å². The minimum absolute atomic E-state index is 0.581. The molecule has 0 amide bonds. The van der Waals surface area contributed by atoms with Gasteiger partial charge in [-0.25, -0.2) is 0 Å². The number of nitrogens with zero attached hydrogens (tertiary/aromatic N) is 3. The third-order valence-electron chi connectivity index (χ3n) is 3.95. The van der Waals surface area contributed by atoms with Crippen LogP contribution in [0.3, 0.4) is 0 Å². The van der Waals surface area contributed by atoms with Gasteiger partial charge in [-0.15, -0.1) is 10.2 Å². The fraction of sp³-hybridized carbons (Fsp3) is 0.846. The summed E-state index contributed by atoms with van der Waals surface area (Å²) in [5.41, 5.74) is 5.86. The lowest BCUT2D eigenvalue weighted by Gasteiger charge is -2.30. The van der Waals surface area contributed by atoms with Crippen LogP contribution in [0.5, 0.6) is 0 Å². The second kappa shape index (κ2) is 6.29. The maximum atomic E-state index is 5.86. The first kappa shape index (κ1) is 13.5. The summed E-state index contributed by atoms with van der Waals surface area (Å²) in [7, 11) is 0. The lowest BCUT2D eigenvalue weighted by molar-refractivity contribution is 0.147. The Kier molecular flexibility index (Phi) is 4.72. The van der Waals surface area contributed by atoms with Crippen molar-refractivity contribution in [3.8, 4) is 0 Å². The van der Waals surface area contributed by atoms with Gasteiger partial charge in [0.05, 0.1) is 6.54 Å². The van der Waals surface area contributed by atoms with Crippen molar-refractivity contribution < 1.29 is 4.42 Å². The van der Waals surface area contributed by atoms with Crippen LogP contribution in [0, 0.1) is 5.92 Å². The van der Waals surface area contributed by atoms with Crippen LogP contribution in [-0.2, 0) is 13.0 Å². The van der Waals surface area contributed by atoms with Crippen molar-refractivity contribution in [3.05, 3.63) is 11.8 Å². The van der Waals surface area contributed by atoms with E-state index in [2.05, 4.69) is 22.0 Å². The van der Waals surface area contributed by atoms with Gasteiger partial charge in [0.2, 0.25) is 11.8 Å². The van der Waals surface area contributed by atoms with Gasteiger partial charge in [0.15, 0.2) is 0 Å². The van der Waals surface area contributed by atoms with Gasteiger partial charge in [-0.3, -0.25) is 4.90 Å². The minimum Gasteiger partial charge on any atom is -0.424 e. The molecule has 1 fully saturated rings. The second-order valence-corrected chi connectivity index (χ2v) is 5.00. The molecule has 0 bridgehead atoms. The zero-order valence-electron chi connectivity index (χ0n) is 11.4. The van der Waals surface area contributed by atoms with Crippen molar-refractivity contribution in [1.82, 2.24) is 15.1 Å². The molecule has 0 saturated heterocycles. The predicted molar refractivity (Wildman–Crippen MR) is 69.9 cm³/mol. The van der Waals surface area contributed by atoms with Gasteiger partial charge in [-0.2, -0.15) is 0 Å². The highest BCUT2D eigenvalue weighted by molar-refractivity contribution is 4.89. The Bertz CT molecular complexity index is 366. The zero-order chi connectivity index (χ0) is 13.0. The molecule has 0 aliphatic heterocycles. The van der Waals surface area contributed by atoms with E-state index in [1.165, 1.54) is 19.3 Å². The average molecular weight is 252 g/mol. The van der Waals surface area contributed by atoms with E-state index in [9.17, 15) is 0 Å². The third-order valence-corrected chi connectivity index (χ3v) is 3.95. The first-order chi connectivity index (χ1) is 8.78. The van der Waals surface area contributed by atoms with Gasteiger partial charge in [0.1, 0.15) is 0 Å². The summed E-state index contributed by atoms with van der Waals surface area (Å²) in [6.07, 6.45) is 4.58. The quantitative estimate of drug-likeness (QED) is 0.832. The second-order valence-electron chi connectivity index (χ2n) is 5.00. The van der Waals surface area contributed by atoms with E-state index in [1.54, 1.807) is 0 Å². The molecule has 5 nitrogen and oxygen atoms in total. The molecule has 0 spiro atoms. The molecule has 18 heavy (non-hydrogen) atoms. The number of aromatic nitrogens is 2. The standard InChI is InChI=1S/C13H24N4O/c1-3-12-15-16-13(18-12)9-17(4-2)11-7-5-6-10(11)8-14/h10-11H,3-9,14H2,1-2H3. The summed E-state index contributed by atoms with van der Waals surface area (Å²) in [4.78, 5) is 2.43. The van der Waals surface area contributed by atoms with E-state index in [-0.39, 0.29) is 0 Å². The summed E-state index contributed by atoms with van der Waals surface area (Å²) in [5.74, 6) is 2.08. The van der Waals surface area contributed by atoms with Gasteiger partial charge < -0.3 is 10.2 Å². The lowest BCUT2D eigenvalue weighted by atomic mass is 10.0. The van der Waals surface area contributed by atoms with Crippen LogP contribution < -0.4 is 5.73 Å². The number of hydrogen-bond acceptors (Lipinski definition) is 5. The van der Waals surface area contributed by atoms with Gasteiger partial charge in [-0.1, -0.05) is 20.3 Å². The molecule has 1 aliphatic carbocycles. The van der Waals surface area contributed by atoms with E-state index in [4.69, 9.17) is 10.2 Å². The molecule has 2 atom stereocenters. The van der Waals surface area contributed by atoms with Gasteiger partial charge in [0.25, 0.3) is 0 Å². The molecule has 2 unspecified atom stereocenters. The molecular formula is C13H24N4O. The first-order valence-electron chi connectivity index (χ1n) is 7.03. The maximum absolute atomic E-state index is 5.86. The first-order valence-corrected chi connectivity index (χ1v) is 7.03. The number of rotatable bonds is 6. The van der Waals surface area contributed by atoms with Gasteiger partial charge >= 0.3 is 0 Å². The number of aryl methyl sites for hydroxylation is 1. The molecule has 0 aromatic carbocycles. The Morgan fingerprint density at radius 3 is 2.67 bits per heavy atom. The van der Waals surface area contributed by atoms with Crippen molar-refractivity contribution in [3.63, 3.8) is 0 Å². The molecule has 1 aliphatic rings. The maximum Gasteiger partial charge on any atom is 0.230 e. The molecule has 1 heterocycles. The summed E-state index contributed by atoms with van der Waals surface area (Å²) in [6, 6.07) is 0.581. The van der Waals surface area contributed by atoms with Crippen LogP contribution in [-0.4, -0.2) is 34.2 Å². The third kappa shape index (κ3) is 2.90. The Morgan fingerprint density at radius 2 is 2.06 bits per heavy atom. The van der Waals surface area contributed by atoms with Crippen molar-refractivity contribution >= 4 is 0 Å². The fourth-order valence-electron chi connectivity index (χ4n) is 2.91. The fourth-order valence-corrected chi connectivity index (χ4v) is 2.91. The van der Waals surface area contributed by atoms with Gasteiger partial charge in [-0.05, 0) is 31.8 Å². The van der Waals surface area contributed by atoms with E-state index in [1.807, 2.05) is 6.92 Å². The molecule has 102 valence electrons. The zero-order valence-corrected chi connectivity index (χ0v) is 11.4. The molecule has 1 aromatic rings. The molecule has 2 rings (SSSR count). The molecule has 0 radical (unpaired) electrons. The topological polar surface area (TPSA) is 68.2 Å². The Labute approximate surface area is 109 Å². The number of hydrogen-bond donors (Lipinski definition) is 1. The summed E-state index contributed by atoms with van der Waals surface area (Å²) < 4.78 is 5.60.